The summed E-state index contributed by atoms with van der Waals surface area (Å²) in [6.45, 7) is 0.775. The van der Waals surface area contributed by atoms with Crippen molar-refractivity contribution in [3.8, 4) is 5.69 Å². The molecule has 0 unspecified atom stereocenters. The van der Waals surface area contributed by atoms with Crippen LogP contribution in [-0.2, 0) is 9.59 Å². The van der Waals surface area contributed by atoms with Crippen LogP contribution in [0.2, 0.25) is 5.02 Å². The standard InChI is InChI=1S/C17H18ClN3O3/c18-12-3-4-14(15(11-12)20-7-1-2-8-20)19-16(23)17(24)21-9-5-13(22)6-10-21/h1-4,7-8,11,13,22H,5-6,9-10H2,(H,19,23). The number of nitrogens with zero attached hydrogens (tertiary/aromatic N) is 2. The van der Waals surface area contributed by atoms with E-state index in [0.717, 1.165) is 0 Å². The molecular weight excluding hydrogens is 330 g/mol. The topological polar surface area (TPSA) is 74.6 Å². The molecule has 0 spiro atoms. The summed E-state index contributed by atoms with van der Waals surface area (Å²) in [4.78, 5) is 26.0. The molecule has 0 aliphatic carbocycles. The first-order chi connectivity index (χ1) is 11.5. The molecule has 0 bridgehead atoms. The van der Waals surface area contributed by atoms with Gasteiger partial charge in [-0.25, -0.2) is 0 Å². The van der Waals surface area contributed by atoms with Gasteiger partial charge in [-0.2, -0.15) is 0 Å². The van der Waals surface area contributed by atoms with E-state index < -0.39 is 17.9 Å². The molecule has 126 valence electrons. The Morgan fingerprint density at radius 2 is 1.83 bits per heavy atom. The first-order valence-corrected chi connectivity index (χ1v) is 8.13. The second-order valence-electron chi connectivity index (χ2n) is 5.73. The van der Waals surface area contributed by atoms with Crippen molar-refractivity contribution in [2.75, 3.05) is 18.4 Å². The molecule has 0 saturated carbocycles. The first kappa shape index (κ1) is 16.5. The number of aliphatic hydroxyl groups excluding tert-OH is 1. The summed E-state index contributed by atoms with van der Waals surface area (Å²) < 4.78 is 1.81. The summed E-state index contributed by atoms with van der Waals surface area (Å²) >= 11 is 6.04. The summed E-state index contributed by atoms with van der Waals surface area (Å²) in [5, 5.41) is 12.7. The van der Waals surface area contributed by atoms with Crippen molar-refractivity contribution in [2.45, 2.75) is 18.9 Å². The van der Waals surface area contributed by atoms with Crippen LogP contribution in [0.15, 0.2) is 42.7 Å². The highest BCUT2D eigenvalue weighted by Crippen LogP contribution is 2.25. The van der Waals surface area contributed by atoms with E-state index in [4.69, 9.17) is 11.6 Å². The van der Waals surface area contributed by atoms with Gasteiger partial charge in [-0.15, -0.1) is 0 Å². The first-order valence-electron chi connectivity index (χ1n) is 7.76. The van der Waals surface area contributed by atoms with Crippen LogP contribution >= 0.6 is 11.6 Å². The molecule has 1 aliphatic heterocycles. The third-order valence-electron chi connectivity index (χ3n) is 4.04. The van der Waals surface area contributed by atoms with E-state index in [0.29, 0.717) is 42.3 Å². The third kappa shape index (κ3) is 3.60. The van der Waals surface area contributed by atoms with Gasteiger partial charge < -0.3 is 19.9 Å². The number of amides is 2. The Balaban J connectivity index is 1.76. The molecule has 1 fully saturated rings. The predicted octanol–water partition coefficient (Wildman–Crippen LogP) is 2.05. The molecule has 0 atom stereocenters. The number of piperidine rings is 1. The van der Waals surface area contributed by atoms with Gasteiger partial charge in [0.05, 0.1) is 17.5 Å². The average molecular weight is 348 g/mol. The van der Waals surface area contributed by atoms with Crippen molar-refractivity contribution in [3.63, 3.8) is 0 Å². The fourth-order valence-corrected chi connectivity index (χ4v) is 2.87. The van der Waals surface area contributed by atoms with Crippen molar-refractivity contribution >= 4 is 29.1 Å². The third-order valence-corrected chi connectivity index (χ3v) is 4.27. The minimum Gasteiger partial charge on any atom is -0.393 e. The van der Waals surface area contributed by atoms with Gasteiger partial charge in [0.2, 0.25) is 0 Å². The van der Waals surface area contributed by atoms with Gasteiger partial charge in [0.1, 0.15) is 0 Å². The second kappa shape index (κ2) is 7.07. The highest BCUT2D eigenvalue weighted by atomic mass is 35.5. The average Bonchev–Trinajstić information content (AvgIpc) is 3.11. The number of likely N-dealkylation sites (tertiary alicyclic amines) is 1. The Kier molecular flexibility index (Phi) is 4.87. The van der Waals surface area contributed by atoms with Crippen LogP contribution in [0.25, 0.3) is 5.69 Å². The molecule has 1 aromatic heterocycles. The van der Waals surface area contributed by atoms with E-state index in [-0.39, 0.29) is 0 Å². The highest BCUT2D eigenvalue weighted by Gasteiger charge is 2.26. The van der Waals surface area contributed by atoms with Gasteiger partial charge >= 0.3 is 11.8 Å². The molecule has 24 heavy (non-hydrogen) atoms. The van der Waals surface area contributed by atoms with Crippen LogP contribution in [0.5, 0.6) is 0 Å². The summed E-state index contributed by atoms with van der Waals surface area (Å²) in [6, 6.07) is 8.76. The summed E-state index contributed by atoms with van der Waals surface area (Å²) in [5.41, 5.74) is 1.19. The number of halogens is 1. The molecule has 6 nitrogen and oxygen atoms in total. The Morgan fingerprint density at radius 1 is 1.17 bits per heavy atom. The molecule has 0 radical (unpaired) electrons. The lowest BCUT2D eigenvalue weighted by Crippen LogP contribution is -2.45. The number of nitrogens with one attached hydrogen (secondary N) is 1. The van der Waals surface area contributed by atoms with Crippen LogP contribution in [0.3, 0.4) is 0 Å². The monoisotopic (exact) mass is 347 g/mol. The zero-order valence-electron chi connectivity index (χ0n) is 13.0. The predicted molar refractivity (Wildman–Crippen MR) is 91.2 cm³/mol. The van der Waals surface area contributed by atoms with Crippen molar-refractivity contribution in [1.29, 1.82) is 0 Å². The van der Waals surface area contributed by atoms with Crippen molar-refractivity contribution in [1.82, 2.24) is 9.47 Å². The van der Waals surface area contributed by atoms with Crippen molar-refractivity contribution < 1.29 is 14.7 Å². The van der Waals surface area contributed by atoms with Gasteiger partial charge in [0, 0.05) is 30.5 Å². The second-order valence-corrected chi connectivity index (χ2v) is 6.17. The molecule has 1 aromatic carbocycles. The van der Waals surface area contributed by atoms with E-state index >= 15 is 0 Å². The minimum atomic E-state index is -0.692. The lowest BCUT2D eigenvalue weighted by molar-refractivity contribution is -0.144. The minimum absolute atomic E-state index is 0.387. The number of aliphatic hydroxyl groups is 1. The lowest BCUT2D eigenvalue weighted by atomic mass is 10.1. The van der Waals surface area contributed by atoms with Gasteiger partial charge in [-0.3, -0.25) is 9.59 Å². The number of carbonyl (C=O) groups is 2. The Bertz CT molecular complexity index is 738. The number of hydrogen-bond acceptors (Lipinski definition) is 3. The Labute approximate surface area is 144 Å². The normalized spacial score (nSPS) is 15.3. The van der Waals surface area contributed by atoms with E-state index in [1.54, 1.807) is 18.2 Å². The van der Waals surface area contributed by atoms with E-state index in [1.807, 2.05) is 29.1 Å². The summed E-state index contributed by atoms with van der Waals surface area (Å²) in [6.07, 6.45) is 4.25. The zero-order chi connectivity index (χ0) is 17.1. The van der Waals surface area contributed by atoms with Crippen molar-refractivity contribution in [3.05, 3.63) is 47.7 Å². The fourth-order valence-electron chi connectivity index (χ4n) is 2.71. The number of benzene rings is 1. The lowest BCUT2D eigenvalue weighted by Gasteiger charge is -2.29. The molecule has 2 N–H and O–H groups in total. The van der Waals surface area contributed by atoms with Crippen LogP contribution in [0.4, 0.5) is 5.69 Å². The molecule has 2 amide bonds. The number of hydrogen-bond donors (Lipinski definition) is 2. The van der Waals surface area contributed by atoms with E-state index in [1.165, 1.54) is 4.90 Å². The fraction of sp³-hybridized carbons (Fsp3) is 0.294. The van der Waals surface area contributed by atoms with Crippen LogP contribution in [0, 0.1) is 0 Å². The molecular formula is C17H18ClN3O3. The molecule has 3 rings (SSSR count). The molecule has 7 heteroatoms. The number of carbonyl (C=O) groups excluding carboxylic acids is 2. The number of anilines is 1. The van der Waals surface area contributed by atoms with E-state index in [9.17, 15) is 14.7 Å². The van der Waals surface area contributed by atoms with Gasteiger partial charge in [0.25, 0.3) is 0 Å². The maximum Gasteiger partial charge on any atom is 0.313 e. The quantitative estimate of drug-likeness (QED) is 0.816. The summed E-state index contributed by atoms with van der Waals surface area (Å²) in [5.74, 6) is -1.28. The van der Waals surface area contributed by atoms with Crippen LogP contribution in [0.1, 0.15) is 12.8 Å². The summed E-state index contributed by atoms with van der Waals surface area (Å²) in [7, 11) is 0. The molecule has 1 aliphatic rings. The molecule has 1 saturated heterocycles. The van der Waals surface area contributed by atoms with Gasteiger partial charge in [0.15, 0.2) is 0 Å². The number of aromatic nitrogens is 1. The van der Waals surface area contributed by atoms with Crippen molar-refractivity contribution in [2.24, 2.45) is 0 Å². The Hall–Kier alpha value is -2.31. The van der Waals surface area contributed by atoms with Crippen LogP contribution < -0.4 is 5.32 Å². The highest BCUT2D eigenvalue weighted by molar-refractivity contribution is 6.39. The van der Waals surface area contributed by atoms with Gasteiger partial charge in [-0.1, -0.05) is 11.6 Å². The Morgan fingerprint density at radius 3 is 2.50 bits per heavy atom. The van der Waals surface area contributed by atoms with Crippen LogP contribution in [-0.4, -0.2) is 45.6 Å². The zero-order valence-corrected chi connectivity index (χ0v) is 13.7. The maximum absolute atomic E-state index is 12.3. The molecule has 2 heterocycles. The van der Waals surface area contributed by atoms with Gasteiger partial charge in [-0.05, 0) is 43.2 Å². The largest absolute Gasteiger partial charge is 0.393 e. The SMILES string of the molecule is O=C(Nc1ccc(Cl)cc1-n1cccc1)C(=O)N1CCC(O)CC1. The smallest absolute Gasteiger partial charge is 0.313 e. The maximum atomic E-state index is 12.3. The van der Waals surface area contributed by atoms with E-state index in [2.05, 4.69) is 5.32 Å². The number of rotatable bonds is 2. The molecule has 2 aromatic rings.